The number of aliphatic carboxylic acids is 1. The molecule has 2 heterocycles. The number of fused-ring (bicyclic) bond motifs is 3. The number of aryl methyl sites for hydroxylation is 1. The molecule has 1 aromatic carbocycles. The standard InChI is InChI=1S/C16H17N3O3/c1-3-10(16(20)21)17-15-14-13(18-12(4-2)19-15)9-7-5-6-8-11(9)22-14/h5-8,10H,3-4H2,1-2H3,(H,20,21)(H,17,18,19)/t10-/m0/s1. The summed E-state index contributed by atoms with van der Waals surface area (Å²) in [6.45, 7) is 3.77. The lowest BCUT2D eigenvalue weighted by Crippen LogP contribution is -2.29. The highest BCUT2D eigenvalue weighted by atomic mass is 16.4. The Morgan fingerprint density at radius 3 is 2.77 bits per heavy atom. The monoisotopic (exact) mass is 299 g/mol. The third-order valence-electron chi connectivity index (χ3n) is 3.60. The maximum absolute atomic E-state index is 11.3. The van der Waals surface area contributed by atoms with Gasteiger partial charge >= 0.3 is 5.97 Å². The van der Waals surface area contributed by atoms with Gasteiger partial charge in [-0.1, -0.05) is 26.0 Å². The molecule has 0 unspecified atom stereocenters. The van der Waals surface area contributed by atoms with Gasteiger partial charge < -0.3 is 14.8 Å². The minimum absolute atomic E-state index is 0.437. The second-order valence-electron chi connectivity index (χ2n) is 5.06. The van der Waals surface area contributed by atoms with E-state index in [0.29, 0.717) is 41.2 Å². The maximum atomic E-state index is 11.3. The highest BCUT2D eigenvalue weighted by Crippen LogP contribution is 2.31. The topological polar surface area (TPSA) is 88.2 Å². The van der Waals surface area contributed by atoms with Crippen molar-refractivity contribution in [2.45, 2.75) is 32.7 Å². The van der Waals surface area contributed by atoms with Crippen LogP contribution in [-0.4, -0.2) is 27.1 Å². The van der Waals surface area contributed by atoms with Gasteiger partial charge in [0.25, 0.3) is 0 Å². The second-order valence-corrected chi connectivity index (χ2v) is 5.06. The number of hydrogen-bond donors (Lipinski definition) is 2. The van der Waals surface area contributed by atoms with E-state index < -0.39 is 12.0 Å². The van der Waals surface area contributed by atoms with E-state index in [9.17, 15) is 9.90 Å². The van der Waals surface area contributed by atoms with E-state index in [-0.39, 0.29) is 0 Å². The van der Waals surface area contributed by atoms with E-state index in [1.165, 1.54) is 0 Å². The number of para-hydroxylation sites is 1. The van der Waals surface area contributed by atoms with Crippen molar-refractivity contribution in [2.75, 3.05) is 5.32 Å². The molecule has 2 N–H and O–H groups in total. The summed E-state index contributed by atoms with van der Waals surface area (Å²) < 4.78 is 5.83. The number of carboxylic acids is 1. The fourth-order valence-electron chi connectivity index (χ4n) is 2.40. The summed E-state index contributed by atoms with van der Waals surface area (Å²) in [6, 6.07) is 6.89. The molecule has 3 aromatic rings. The van der Waals surface area contributed by atoms with Crippen LogP contribution in [0.4, 0.5) is 5.82 Å². The molecular formula is C16H17N3O3. The molecule has 0 bridgehead atoms. The molecule has 0 fully saturated rings. The SMILES string of the molecule is CCc1nc(N[C@@H](CC)C(=O)O)c2oc3ccccc3c2n1. The predicted octanol–water partition coefficient (Wildman–Crippen LogP) is 3.21. The van der Waals surface area contributed by atoms with Gasteiger partial charge in [-0.2, -0.15) is 0 Å². The first-order chi connectivity index (χ1) is 10.6. The Morgan fingerprint density at radius 2 is 2.09 bits per heavy atom. The molecule has 0 radical (unpaired) electrons. The Kier molecular flexibility index (Phi) is 3.66. The van der Waals surface area contributed by atoms with Gasteiger partial charge in [-0.05, 0) is 18.6 Å². The summed E-state index contributed by atoms with van der Waals surface area (Å²) in [6.07, 6.45) is 1.11. The van der Waals surface area contributed by atoms with Crippen molar-refractivity contribution in [1.29, 1.82) is 0 Å². The third-order valence-corrected chi connectivity index (χ3v) is 3.60. The van der Waals surface area contributed by atoms with Crippen LogP contribution < -0.4 is 5.32 Å². The summed E-state index contributed by atoms with van der Waals surface area (Å²) in [4.78, 5) is 20.2. The second kappa shape index (κ2) is 5.63. The minimum Gasteiger partial charge on any atom is -0.480 e. The smallest absolute Gasteiger partial charge is 0.326 e. The Balaban J connectivity index is 2.21. The number of carboxylic acid groups (broad SMARTS) is 1. The lowest BCUT2D eigenvalue weighted by molar-refractivity contribution is -0.137. The van der Waals surface area contributed by atoms with Gasteiger partial charge in [0.2, 0.25) is 0 Å². The molecule has 0 aliphatic heterocycles. The van der Waals surface area contributed by atoms with Gasteiger partial charge in [-0.15, -0.1) is 0 Å². The van der Waals surface area contributed by atoms with Crippen LogP contribution in [0.1, 0.15) is 26.1 Å². The molecule has 6 nitrogen and oxygen atoms in total. The van der Waals surface area contributed by atoms with Gasteiger partial charge in [-0.3, -0.25) is 0 Å². The van der Waals surface area contributed by atoms with Crippen LogP contribution in [0, 0.1) is 0 Å². The molecule has 0 aliphatic carbocycles. The molecule has 1 atom stereocenters. The molecule has 3 rings (SSSR count). The molecule has 0 saturated carbocycles. The molecule has 0 saturated heterocycles. The van der Waals surface area contributed by atoms with Crippen LogP contribution in [0.15, 0.2) is 28.7 Å². The van der Waals surface area contributed by atoms with Gasteiger partial charge in [0.1, 0.15) is 23.0 Å². The molecule has 22 heavy (non-hydrogen) atoms. The lowest BCUT2D eigenvalue weighted by Gasteiger charge is -2.13. The summed E-state index contributed by atoms with van der Waals surface area (Å²) in [7, 11) is 0. The third kappa shape index (κ3) is 2.36. The van der Waals surface area contributed by atoms with E-state index in [1.807, 2.05) is 38.1 Å². The Hall–Kier alpha value is -2.63. The van der Waals surface area contributed by atoms with Crippen molar-refractivity contribution in [3.8, 4) is 0 Å². The molecule has 2 aromatic heterocycles. The first kappa shape index (κ1) is 14.3. The minimum atomic E-state index is -0.913. The number of carbonyl (C=O) groups is 1. The van der Waals surface area contributed by atoms with Gasteiger partial charge in [0.05, 0.1) is 0 Å². The number of furan rings is 1. The van der Waals surface area contributed by atoms with Crippen LogP contribution in [0.25, 0.3) is 22.1 Å². The molecule has 0 aliphatic rings. The Bertz CT molecular complexity index is 841. The van der Waals surface area contributed by atoms with E-state index in [2.05, 4.69) is 15.3 Å². The average Bonchev–Trinajstić information content (AvgIpc) is 2.90. The highest BCUT2D eigenvalue weighted by molar-refractivity contribution is 6.05. The summed E-state index contributed by atoms with van der Waals surface area (Å²) in [5, 5.41) is 13.1. The van der Waals surface area contributed by atoms with Crippen molar-refractivity contribution in [2.24, 2.45) is 0 Å². The zero-order valence-corrected chi connectivity index (χ0v) is 12.5. The summed E-state index contributed by atoms with van der Waals surface area (Å²) in [5.41, 5.74) is 1.93. The number of benzene rings is 1. The fraction of sp³-hybridized carbons (Fsp3) is 0.312. The van der Waals surface area contributed by atoms with Crippen molar-refractivity contribution >= 4 is 33.9 Å². The number of nitrogens with zero attached hydrogens (tertiary/aromatic N) is 2. The van der Waals surface area contributed by atoms with E-state index in [1.54, 1.807) is 0 Å². The predicted molar refractivity (Wildman–Crippen MR) is 84.0 cm³/mol. The molecule has 114 valence electrons. The number of rotatable bonds is 5. The van der Waals surface area contributed by atoms with Crippen LogP contribution in [0.3, 0.4) is 0 Å². The first-order valence-electron chi connectivity index (χ1n) is 7.31. The molecular weight excluding hydrogens is 282 g/mol. The van der Waals surface area contributed by atoms with Crippen molar-refractivity contribution in [3.05, 3.63) is 30.1 Å². The van der Waals surface area contributed by atoms with Gasteiger partial charge in [0, 0.05) is 11.8 Å². The number of hydrogen-bond acceptors (Lipinski definition) is 5. The zero-order valence-electron chi connectivity index (χ0n) is 12.5. The van der Waals surface area contributed by atoms with Crippen molar-refractivity contribution in [1.82, 2.24) is 9.97 Å². The number of aromatic nitrogens is 2. The van der Waals surface area contributed by atoms with Crippen LogP contribution in [0.5, 0.6) is 0 Å². The zero-order chi connectivity index (χ0) is 15.7. The van der Waals surface area contributed by atoms with E-state index in [4.69, 9.17) is 4.42 Å². The van der Waals surface area contributed by atoms with E-state index >= 15 is 0 Å². The van der Waals surface area contributed by atoms with E-state index in [0.717, 1.165) is 5.39 Å². The molecule has 0 amide bonds. The summed E-state index contributed by atoms with van der Waals surface area (Å²) >= 11 is 0. The van der Waals surface area contributed by atoms with Crippen LogP contribution in [-0.2, 0) is 11.2 Å². The Labute approximate surface area is 127 Å². The first-order valence-corrected chi connectivity index (χ1v) is 7.31. The van der Waals surface area contributed by atoms with Crippen molar-refractivity contribution in [3.63, 3.8) is 0 Å². The maximum Gasteiger partial charge on any atom is 0.326 e. The van der Waals surface area contributed by atoms with Crippen LogP contribution in [0.2, 0.25) is 0 Å². The number of anilines is 1. The van der Waals surface area contributed by atoms with Crippen LogP contribution >= 0.6 is 0 Å². The Morgan fingerprint density at radius 1 is 1.32 bits per heavy atom. The van der Waals surface area contributed by atoms with Gasteiger partial charge in [-0.25, -0.2) is 14.8 Å². The average molecular weight is 299 g/mol. The van der Waals surface area contributed by atoms with Crippen molar-refractivity contribution < 1.29 is 14.3 Å². The van der Waals surface area contributed by atoms with Gasteiger partial charge in [0.15, 0.2) is 11.4 Å². The molecule has 0 spiro atoms. The normalized spacial score (nSPS) is 12.6. The molecule has 6 heteroatoms. The quantitative estimate of drug-likeness (QED) is 0.752. The summed E-state index contributed by atoms with van der Waals surface area (Å²) in [5.74, 6) is 0.178. The fourth-order valence-corrected chi connectivity index (χ4v) is 2.40. The number of nitrogens with one attached hydrogen (secondary N) is 1. The highest BCUT2D eigenvalue weighted by Gasteiger charge is 2.20. The lowest BCUT2D eigenvalue weighted by atomic mass is 10.2. The largest absolute Gasteiger partial charge is 0.480 e.